The average Bonchev–Trinajstić information content (AvgIpc) is 3.07. The number of carboxylic acids is 1. The van der Waals surface area contributed by atoms with Gasteiger partial charge in [-0.25, -0.2) is 4.79 Å². The van der Waals surface area contributed by atoms with Crippen LogP contribution in [0, 0.1) is 30.9 Å². The van der Waals surface area contributed by atoms with Crippen molar-refractivity contribution in [3.8, 4) is 11.5 Å². The van der Waals surface area contributed by atoms with E-state index >= 15 is 0 Å². The molecule has 0 aliphatic rings. The Morgan fingerprint density at radius 3 is 2.52 bits per heavy atom. The van der Waals surface area contributed by atoms with Crippen molar-refractivity contribution >= 4 is 23.3 Å². The van der Waals surface area contributed by atoms with Gasteiger partial charge >= 0.3 is 5.97 Å². The van der Waals surface area contributed by atoms with E-state index in [-0.39, 0.29) is 28.4 Å². The molecule has 10 heteroatoms. The van der Waals surface area contributed by atoms with Crippen LogP contribution in [-0.2, 0) is 7.05 Å². The van der Waals surface area contributed by atoms with Crippen LogP contribution in [0.25, 0.3) is 0 Å². The molecule has 0 radical (unpaired) electrons. The quantitative estimate of drug-likeness (QED) is 0.451. The number of nitrogens with one attached hydrogen (secondary N) is 1. The third-order valence-corrected chi connectivity index (χ3v) is 4.74. The zero-order valence-electron chi connectivity index (χ0n) is 17.3. The van der Waals surface area contributed by atoms with Gasteiger partial charge in [0.2, 0.25) is 0 Å². The molecule has 0 aliphatic carbocycles. The minimum absolute atomic E-state index is 0.0776. The van der Waals surface area contributed by atoms with Gasteiger partial charge in [0.25, 0.3) is 11.6 Å². The Bertz CT molecular complexity index is 1210. The van der Waals surface area contributed by atoms with Crippen LogP contribution in [0.3, 0.4) is 0 Å². The number of hydrogen-bond donors (Lipinski definition) is 2. The first kappa shape index (κ1) is 21.5. The summed E-state index contributed by atoms with van der Waals surface area (Å²) >= 11 is 0. The Labute approximate surface area is 177 Å². The number of nitro groups is 1. The van der Waals surface area contributed by atoms with Gasteiger partial charge in [-0.15, -0.1) is 0 Å². The van der Waals surface area contributed by atoms with Crippen molar-refractivity contribution in [3.63, 3.8) is 0 Å². The molecule has 0 spiro atoms. The summed E-state index contributed by atoms with van der Waals surface area (Å²) in [6.07, 6.45) is 1.06. The summed E-state index contributed by atoms with van der Waals surface area (Å²) in [5.74, 6) is -1.39. The molecule has 0 aliphatic heterocycles. The monoisotopic (exact) mass is 424 g/mol. The van der Waals surface area contributed by atoms with Crippen LogP contribution in [0.2, 0.25) is 0 Å². The van der Waals surface area contributed by atoms with E-state index in [4.69, 9.17) is 4.74 Å². The number of aromatic carboxylic acids is 1. The zero-order chi connectivity index (χ0) is 22.9. The summed E-state index contributed by atoms with van der Waals surface area (Å²) in [5, 5.41) is 26.9. The molecule has 10 nitrogen and oxygen atoms in total. The molecule has 1 amide bonds. The van der Waals surface area contributed by atoms with Gasteiger partial charge in [0.1, 0.15) is 22.8 Å². The number of aromatic nitrogens is 2. The molecule has 0 bridgehead atoms. The van der Waals surface area contributed by atoms with Crippen LogP contribution in [0.4, 0.5) is 11.4 Å². The predicted molar refractivity (Wildman–Crippen MR) is 112 cm³/mol. The topological polar surface area (TPSA) is 137 Å². The minimum Gasteiger partial charge on any atom is -0.478 e. The summed E-state index contributed by atoms with van der Waals surface area (Å²) in [4.78, 5) is 34.8. The lowest BCUT2D eigenvalue weighted by Gasteiger charge is -2.13. The van der Waals surface area contributed by atoms with E-state index in [0.717, 1.165) is 33.6 Å². The molecule has 3 aromatic rings. The Kier molecular flexibility index (Phi) is 5.73. The molecule has 160 valence electrons. The lowest BCUT2D eigenvalue weighted by Crippen LogP contribution is -2.19. The Hall–Kier alpha value is -4.21. The number of nitrogens with zero attached hydrogens (tertiary/aromatic N) is 3. The van der Waals surface area contributed by atoms with Gasteiger partial charge in [-0.1, -0.05) is 6.07 Å². The van der Waals surface area contributed by atoms with Gasteiger partial charge in [-0.05, 0) is 43.5 Å². The number of nitro benzene ring substituents is 1. The Morgan fingerprint density at radius 1 is 1.16 bits per heavy atom. The average molecular weight is 424 g/mol. The molecule has 0 fully saturated rings. The van der Waals surface area contributed by atoms with Gasteiger partial charge in [0.05, 0.1) is 22.9 Å². The molecule has 1 heterocycles. The van der Waals surface area contributed by atoms with Gasteiger partial charge in [-0.2, -0.15) is 5.10 Å². The number of carboxylic acid groups (broad SMARTS) is 1. The lowest BCUT2D eigenvalue weighted by atomic mass is 10.1. The highest BCUT2D eigenvalue weighted by Crippen LogP contribution is 2.33. The maximum Gasteiger partial charge on any atom is 0.339 e. The van der Waals surface area contributed by atoms with E-state index in [1.807, 2.05) is 32.9 Å². The summed E-state index contributed by atoms with van der Waals surface area (Å²) in [5.41, 5.74) is 2.16. The fraction of sp³-hybridized carbons (Fsp3) is 0.190. The second-order valence-corrected chi connectivity index (χ2v) is 7.07. The van der Waals surface area contributed by atoms with E-state index in [0.29, 0.717) is 5.75 Å². The van der Waals surface area contributed by atoms with Crippen LogP contribution in [-0.4, -0.2) is 31.7 Å². The van der Waals surface area contributed by atoms with Crippen LogP contribution in [0.5, 0.6) is 11.5 Å². The number of carbonyl (C=O) groups excluding carboxylic acids is 1. The first-order valence-electron chi connectivity index (χ1n) is 9.18. The van der Waals surface area contributed by atoms with Crippen LogP contribution in [0.15, 0.2) is 36.5 Å². The van der Waals surface area contributed by atoms with Crippen molar-refractivity contribution < 1.29 is 24.4 Å². The second-order valence-electron chi connectivity index (χ2n) is 7.07. The third kappa shape index (κ3) is 4.53. The van der Waals surface area contributed by atoms with Gasteiger partial charge < -0.3 is 15.2 Å². The van der Waals surface area contributed by atoms with E-state index in [9.17, 15) is 24.8 Å². The number of non-ortho nitro benzene ring substituents is 1. The van der Waals surface area contributed by atoms with Crippen molar-refractivity contribution in [1.29, 1.82) is 0 Å². The van der Waals surface area contributed by atoms with Crippen molar-refractivity contribution in [3.05, 3.63) is 74.6 Å². The number of amides is 1. The van der Waals surface area contributed by atoms with Crippen LogP contribution < -0.4 is 10.1 Å². The summed E-state index contributed by atoms with van der Waals surface area (Å²) < 4.78 is 7.01. The Balaban J connectivity index is 1.98. The standard InChI is InChI=1S/C21H20N4O6/c1-11-5-12(2)13(3)18(6-11)31-16-8-14(7-15(9-16)25(29)30)23-20(26)19-17(21(27)28)10-22-24(19)4/h5-10H,1-4H3,(H,23,26)(H,27,28). The highest BCUT2D eigenvalue weighted by molar-refractivity contribution is 6.09. The van der Waals surface area contributed by atoms with E-state index in [1.54, 1.807) is 0 Å². The van der Waals surface area contributed by atoms with Crippen LogP contribution >= 0.6 is 0 Å². The zero-order valence-corrected chi connectivity index (χ0v) is 17.3. The first-order valence-corrected chi connectivity index (χ1v) is 9.18. The van der Waals surface area contributed by atoms with Crippen molar-refractivity contribution in [2.24, 2.45) is 7.05 Å². The molecule has 31 heavy (non-hydrogen) atoms. The van der Waals surface area contributed by atoms with E-state index < -0.39 is 16.8 Å². The minimum atomic E-state index is -1.31. The summed E-state index contributed by atoms with van der Waals surface area (Å²) in [6, 6.07) is 7.65. The SMILES string of the molecule is Cc1cc(C)c(C)c(Oc2cc(NC(=O)c3c(C(=O)O)cnn3C)cc([N+](=O)[O-])c2)c1. The molecule has 0 unspecified atom stereocenters. The number of ether oxygens (including phenoxy) is 1. The molecule has 1 aromatic heterocycles. The number of rotatable bonds is 6. The van der Waals surface area contributed by atoms with Crippen LogP contribution in [0.1, 0.15) is 37.5 Å². The maximum absolute atomic E-state index is 12.7. The maximum atomic E-state index is 12.7. The van der Waals surface area contributed by atoms with E-state index in [2.05, 4.69) is 10.4 Å². The number of benzene rings is 2. The molecule has 2 aromatic carbocycles. The number of hydrogen-bond acceptors (Lipinski definition) is 6. The largest absolute Gasteiger partial charge is 0.478 e. The first-order chi connectivity index (χ1) is 14.6. The predicted octanol–water partition coefficient (Wildman–Crippen LogP) is 4.00. The smallest absolute Gasteiger partial charge is 0.339 e. The third-order valence-electron chi connectivity index (χ3n) is 4.74. The van der Waals surface area contributed by atoms with Crippen molar-refractivity contribution in [2.75, 3.05) is 5.32 Å². The van der Waals surface area contributed by atoms with Gasteiger partial charge in [-0.3, -0.25) is 19.6 Å². The number of anilines is 1. The van der Waals surface area contributed by atoms with Gasteiger partial charge in [0.15, 0.2) is 0 Å². The van der Waals surface area contributed by atoms with E-state index in [1.165, 1.54) is 19.2 Å². The molecule has 0 saturated carbocycles. The molecule has 2 N–H and O–H groups in total. The van der Waals surface area contributed by atoms with Crippen molar-refractivity contribution in [1.82, 2.24) is 9.78 Å². The molecular formula is C21H20N4O6. The fourth-order valence-electron chi connectivity index (χ4n) is 3.11. The van der Waals surface area contributed by atoms with Crippen molar-refractivity contribution in [2.45, 2.75) is 20.8 Å². The normalized spacial score (nSPS) is 10.6. The molecule has 3 rings (SSSR count). The summed E-state index contributed by atoms with van der Waals surface area (Å²) in [7, 11) is 1.42. The second kappa shape index (κ2) is 8.27. The van der Waals surface area contributed by atoms with Gasteiger partial charge in [0, 0.05) is 19.2 Å². The molecule has 0 saturated heterocycles. The fourth-order valence-corrected chi connectivity index (χ4v) is 3.11. The highest BCUT2D eigenvalue weighted by Gasteiger charge is 2.23. The molecular weight excluding hydrogens is 404 g/mol. The number of carbonyl (C=O) groups is 2. The summed E-state index contributed by atoms with van der Waals surface area (Å²) in [6.45, 7) is 5.72. The lowest BCUT2D eigenvalue weighted by molar-refractivity contribution is -0.384. The molecule has 0 atom stereocenters. The number of aryl methyl sites for hydroxylation is 3. The highest BCUT2D eigenvalue weighted by atomic mass is 16.6. The Morgan fingerprint density at radius 2 is 1.87 bits per heavy atom.